The Morgan fingerprint density at radius 1 is 1.24 bits per heavy atom. The summed E-state index contributed by atoms with van der Waals surface area (Å²) >= 11 is 0. The van der Waals surface area contributed by atoms with Gasteiger partial charge >= 0.3 is 0 Å². The smallest absolute Gasteiger partial charge is 0.227 e. The molecule has 2 saturated heterocycles. The first-order chi connectivity index (χ1) is 8.09. The Bertz CT molecular complexity index is 297. The van der Waals surface area contributed by atoms with Gasteiger partial charge in [0.15, 0.2) is 0 Å². The average Bonchev–Trinajstić information content (AvgIpc) is 2.29. The lowest BCUT2D eigenvalue weighted by Gasteiger charge is -2.41. The molecule has 2 aliphatic heterocycles. The van der Waals surface area contributed by atoms with Crippen molar-refractivity contribution in [2.75, 3.05) is 6.54 Å². The lowest BCUT2D eigenvalue weighted by Crippen LogP contribution is -2.52. The summed E-state index contributed by atoms with van der Waals surface area (Å²) in [7, 11) is 0. The van der Waals surface area contributed by atoms with Crippen molar-refractivity contribution in [3.8, 4) is 0 Å². The van der Waals surface area contributed by atoms with Crippen LogP contribution >= 0.6 is 0 Å². The zero-order valence-corrected chi connectivity index (χ0v) is 10.7. The van der Waals surface area contributed by atoms with Crippen LogP contribution in [0.25, 0.3) is 0 Å². The third-order valence-electron chi connectivity index (χ3n) is 4.06. The summed E-state index contributed by atoms with van der Waals surface area (Å²) in [6.07, 6.45) is 4.63. The molecule has 2 aliphatic rings. The quantitative estimate of drug-likeness (QED) is 0.748. The van der Waals surface area contributed by atoms with Crippen molar-refractivity contribution in [3.63, 3.8) is 0 Å². The molecule has 0 saturated carbocycles. The van der Waals surface area contributed by atoms with Crippen molar-refractivity contribution in [1.82, 2.24) is 10.2 Å². The molecule has 0 aliphatic carbocycles. The molecule has 0 spiro atoms. The number of hydrogen-bond donors (Lipinski definition) is 1. The second-order valence-electron chi connectivity index (χ2n) is 5.41. The number of carbonyl (C=O) groups is 2. The van der Waals surface area contributed by atoms with Crippen LogP contribution in [0.3, 0.4) is 0 Å². The Balaban J connectivity index is 2.00. The van der Waals surface area contributed by atoms with E-state index < -0.39 is 0 Å². The van der Waals surface area contributed by atoms with E-state index in [0.29, 0.717) is 31.5 Å². The molecule has 2 amide bonds. The molecule has 2 rings (SSSR count). The number of nitrogens with zero attached hydrogens (tertiary/aromatic N) is 1. The summed E-state index contributed by atoms with van der Waals surface area (Å²) in [4.78, 5) is 25.6. The lowest BCUT2D eigenvalue weighted by atomic mass is 9.92. The van der Waals surface area contributed by atoms with Crippen LogP contribution in [-0.4, -0.2) is 35.3 Å². The van der Waals surface area contributed by atoms with Crippen LogP contribution in [0.5, 0.6) is 0 Å². The largest absolute Gasteiger partial charge is 0.355 e. The second kappa shape index (κ2) is 5.07. The number of piperidine rings is 2. The van der Waals surface area contributed by atoms with Gasteiger partial charge in [0.05, 0.1) is 5.92 Å². The maximum atomic E-state index is 12.5. The van der Waals surface area contributed by atoms with Gasteiger partial charge in [0.1, 0.15) is 0 Å². The number of amides is 2. The van der Waals surface area contributed by atoms with Crippen LogP contribution in [0.1, 0.15) is 46.0 Å². The van der Waals surface area contributed by atoms with Crippen molar-refractivity contribution in [2.24, 2.45) is 5.92 Å². The van der Waals surface area contributed by atoms with Gasteiger partial charge in [-0.15, -0.1) is 0 Å². The van der Waals surface area contributed by atoms with Crippen LogP contribution in [0.15, 0.2) is 0 Å². The summed E-state index contributed by atoms with van der Waals surface area (Å²) in [6, 6.07) is 0.702. The molecule has 2 fully saturated rings. The highest BCUT2D eigenvalue weighted by Crippen LogP contribution is 2.26. The molecule has 3 atom stereocenters. The molecule has 0 radical (unpaired) electrons. The Kier molecular flexibility index (Phi) is 3.69. The fourth-order valence-corrected chi connectivity index (χ4v) is 3.01. The van der Waals surface area contributed by atoms with Gasteiger partial charge in [-0.1, -0.05) is 0 Å². The van der Waals surface area contributed by atoms with Gasteiger partial charge in [0, 0.05) is 25.0 Å². The Hall–Kier alpha value is -1.06. The standard InChI is InChI=1S/C13H22N2O2/c1-9-4-3-5-10(2)15(9)13(17)11-6-7-12(16)14-8-11/h9-11H,3-8H2,1-2H3,(H,14,16). The van der Waals surface area contributed by atoms with Crippen molar-refractivity contribution >= 4 is 11.8 Å². The highest BCUT2D eigenvalue weighted by atomic mass is 16.2. The van der Waals surface area contributed by atoms with Gasteiger partial charge in [-0.05, 0) is 39.5 Å². The normalized spacial score (nSPS) is 34.4. The van der Waals surface area contributed by atoms with Gasteiger partial charge in [0.25, 0.3) is 0 Å². The predicted octanol–water partition coefficient (Wildman–Crippen LogP) is 1.30. The van der Waals surface area contributed by atoms with Gasteiger partial charge in [-0.25, -0.2) is 0 Å². The first-order valence-electron chi connectivity index (χ1n) is 6.68. The van der Waals surface area contributed by atoms with Gasteiger partial charge in [0.2, 0.25) is 11.8 Å². The molecular weight excluding hydrogens is 216 g/mol. The fraction of sp³-hybridized carbons (Fsp3) is 0.846. The van der Waals surface area contributed by atoms with Crippen LogP contribution in [0.2, 0.25) is 0 Å². The maximum Gasteiger partial charge on any atom is 0.227 e. The van der Waals surface area contributed by atoms with E-state index in [1.807, 2.05) is 4.90 Å². The summed E-state index contributed by atoms with van der Waals surface area (Å²) in [5.41, 5.74) is 0. The average molecular weight is 238 g/mol. The van der Waals surface area contributed by atoms with Crippen LogP contribution < -0.4 is 5.32 Å². The number of hydrogen-bond acceptors (Lipinski definition) is 2. The third-order valence-corrected chi connectivity index (χ3v) is 4.06. The van der Waals surface area contributed by atoms with E-state index in [9.17, 15) is 9.59 Å². The van der Waals surface area contributed by atoms with E-state index in [1.165, 1.54) is 6.42 Å². The van der Waals surface area contributed by atoms with Crippen molar-refractivity contribution in [3.05, 3.63) is 0 Å². The van der Waals surface area contributed by atoms with E-state index in [0.717, 1.165) is 12.8 Å². The predicted molar refractivity (Wildman–Crippen MR) is 65.4 cm³/mol. The van der Waals surface area contributed by atoms with E-state index in [-0.39, 0.29) is 17.7 Å². The second-order valence-corrected chi connectivity index (χ2v) is 5.41. The van der Waals surface area contributed by atoms with Crippen molar-refractivity contribution in [1.29, 1.82) is 0 Å². The highest BCUT2D eigenvalue weighted by molar-refractivity contribution is 5.84. The minimum atomic E-state index is -0.00398. The molecule has 17 heavy (non-hydrogen) atoms. The molecule has 0 bridgehead atoms. The summed E-state index contributed by atoms with van der Waals surface area (Å²) in [6.45, 7) is 4.79. The maximum absolute atomic E-state index is 12.5. The summed E-state index contributed by atoms with van der Waals surface area (Å²) < 4.78 is 0. The van der Waals surface area contributed by atoms with Gasteiger partial charge < -0.3 is 10.2 Å². The Morgan fingerprint density at radius 2 is 1.88 bits per heavy atom. The molecule has 2 heterocycles. The number of nitrogens with one attached hydrogen (secondary N) is 1. The fourth-order valence-electron chi connectivity index (χ4n) is 3.01. The third kappa shape index (κ3) is 2.61. The molecule has 0 aromatic carbocycles. The topological polar surface area (TPSA) is 49.4 Å². The molecule has 4 nitrogen and oxygen atoms in total. The molecule has 0 aromatic heterocycles. The van der Waals surface area contributed by atoms with Gasteiger partial charge in [-0.3, -0.25) is 9.59 Å². The zero-order valence-electron chi connectivity index (χ0n) is 10.7. The molecule has 4 heteroatoms. The van der Waals surface area contributed by atoms with E-state index >= 15 is 0 Å². The lowest BCUT2D eigenvalue weighted by molar-refractivity contribution is -0.143. The van der Waals surface area contributed by atoms with Crippen LogP contribution in [0, 0.1) is 5.92 Å². The molecule has 0 aromatic rings. The Labute approximate surface area is 103 Å². The SMILES string of the molecule is CC1CCCC(C)N1C(=O)C1CCC(=O)NC1. The Morgan fingerprint density at radius 3 is 2.41 bits per heavy atom. The first kappa shape index (κ1) is 12.4. The number of carbonyl (C=O) groups excluding carboxylic acids is 2. The van der Waals surface area contributed by atoms with Crippen LogP contribution in [-0.2, 0) is 9.59 Å². The van der Waals surface area contributed by atoms with E-state index in [1.54, 1.807) is 0 Å². The summed E-state index contributed by atoms with van der Waals surface area (Å²) in [5, 5.41) is 2.80. The molecule has 3 unspecified atom stereocenters. The molecule has 96 valence electrons. The van der Waals surface area contributed by atoms with E-state index in [4.69, 9.17) is 0 Å². The van der Waals surface area contributed by atoms with Crippen molar-refractivity contribution in [2.45, 2.75) is 58.0 Å². The first-order valence-corrected chi connectivity index (χ1v) is 6.68. The number of rotatable bonds is 1. The van der Waals surface area contributed by atoms with Crippen molar-refractivity contribution < 1.29 is 9.59 Å². The molecular formula is C13H22N2O2. The van der Waals surface area contributed by atoms with Crippen LogP contribution in [0.4, 0.5) is 0 Å². The highest BCUT2D eigenvalue weighted by Gasteiger charge is 2.34. The summed E-state index contributed by atoms with van der Waals surface area (Å²) in [5.74, 6) is 0.314. The monoisotopic (exact) mass is 238 g/mol. The number of likely N-dealkylation sites (tertiary alicyclic amines) is 1. The minimum absolute atomic E-state index is 0.00398. The van der Waals surface area contributed by atoms with Gasteiger partial charge in [-0.2, -0.15) is 0 Å². The van der Waals surface area contributed by atoms with E-state index in [2.05, 4.69) is 19.2 Å². The minimum Gasteiger partial charge on any atom is -0.355 e. The molecule has 1 N–H and O–H groups in total. The zero-order chi connectivity index (χ0) is 12.4.